The minimum atomic E-state index is -1.09. The van der Waals surface area contributed by atoms with Crippen LogP contribution in [-0.4, -0.2) is 21.5 Å². The summed E-state index contributed by atoms with van der Waals surface area (Å²) in [4.78, 5) is 10.6. The van der Waals surface area contributed by atoms with Crippen molar-refractivity contribution in [2.24, 2.45) is 0 Å². The number of hydrogen-bond donors (Lipinski definition) is 3. The van der Waals surface area contributed by atoms with Crippen molar-refractivity contribution in [3.8, 4) is 0 Å². The summed E-state index contributed by atoms with van der Waals surface area (Å²) < 4.78 is 4.85. The lowest BCUT2D eigenvalue weighted by molar-refractivity contribution is 0.209. The number of aromatic nitrogens is 1. The van der Waals surface area contributed by atoms with Crippen LogP contribution >= 0.6 is 0 Å². The van der Waals surface area contributed by atoms with Crippen LogP contribution in [0.15, 0.2) is 35.1 Å². The number of benzene rings is 1. The van der Waals surface area contributed by atoms with E-state index in [-0.39, 0.29) is 12.5 Å². The molecule has 0 radical (unpaired) electrons. The van der Waals surface area contributed by atoms with Crippen LogP contribution in [0.3, 0.4) is 0 Å². The number of anilines is 1. The van der Waals surface area contributed by atoms with Crippen molar-refractivity contribution >= 4 is 11.8 Å². The summed E-state index contributed by atoms with van der Waals surface area (Å²) in [5, 5.41) is 24.1. The van der Waals surface area contributed by atoms with Gasteiger partial charge in [-0.3, -0.25) is 5.32 Å². The number of aliphatic hydroxyl groups excluding tert-OH is 1. The van der Waals surface area contributed by atoms with Crippen molar-refractivity contribution in [3.63, 3.8) is 0 Å². The molecule has 2 rings (SSSR count). The van der Waals surface area contributed by atoms with Crippen LogP contribution < -0.4 is 5.32 Å². The van der Waals surface area contributed by atoms with E-state index < -0.39 is 6.09 Å². The zero-order chi connectivity index (χ0) is 14.5. The minimum Gasteiger partial charge on any atom is -0.465 e. The quantitative estimate of drug-likeness (QED) is 0.780. The number of carbonyl (C=O) groups is 1. The second kappa shape index (κ2) is 6.21. The number of aliphatic hydroxyl groups is 1. The van der Waals surface area contributed by atoms with Crippen molar-refractivity contribution in [2.75, 3.05) is 5.32 Å². The summed E-state index contributed by atoms with van der Waals surface area (Å²) in [6.07, 6.45) is 0.960. The maximum absolute atomic E-state index is 10.6. The molecule has 1 unspecified atom stereocenters. The Kier molecular flexibility index (Phi) is 4.37. The smallest absolute Gasteiger partial charge is 0.409 e. The summed E-state index contributed by atoms with van der Waals surface area (Å²) in [5.74, 6) is 0.126. The molecule has 1 aromatic heterocycles. The number of hydrogen-bond acceptors (Lipinski definition) is 4. The van der Waals surface area contributed by atoms with Gasteiger partial charge >= 0.3 is 6.09 Å². The molecule has 0 aliphatic carbocycles. The highest BCUT2D eigenvalue weighted by Gasteiger charge is 2.13. The van der Waals surface area contributed by atoms with Gasteiger partial charge in [0, 0.05) is 17.7 Å². The van der Waals surface area contributed by atoms with Gasteiger partial charge in [0.05, 0.1) is 12.3 Å². The van der Waals surface area contributed by atoms with E-state index >= 15 is 0 Å². The molecule has 1 heterocycles. The topological polar surface area (TPSA) is 95.6 Å². The van der Waals surface area contributed by atoms with Gasteiger partial charge in [-0.1, -0.05) is 24.2 Å². The maximum Gasteiger partial charge on any atom is 0.409 e. The molecule has 1 atom stereocenters. The first-order valence-electron chi connectivity index (χ1n) is 6.23. The van der Waals surface area contributed by atoms with Crippen LogP contribution in [0.4, 0.5) is 10.5 Å². The Morgan fingerprint density at radius 2 is 2.30 bits per heavy atom. The van der Waals surface area contributed by atoms with E-state index in [1.807, 2.05) is 13.0 Å². The average Bonchev–Trinajstić information content (AvgIpc) is 2.85. The SMILES string of the molecule is CC(Cc1nocc1CO)c1cccc(NC(=O)O)c1. The normalized spacial score (nSPS) is 12.1. The van der Waals surface area contributed by atoms with E-state index in [2.05, 4.69) is 10.5 Å². The first-order chi connectivity index (χ1) is 9.60. The number of amides is 1. The van der Waals surface area contributed by atoms with E-state index in [9.17, 15) is 4.79 Å². The number of nitrogens with zero attached hydrogens (tertiary/aromatic N) is 1. The molecule has 20 heavy (non-hydrogen) atoms. The molecule has 0 spiro atoms. The second-order valence-corrected chi connectivity index (χ2v) is 4.61. The Morgan fingerprint density at radius 1 is 1.50 bits per heavy atom. The highest BCUT2D eigenvalue weighted by Crippen LogP contribution is 2.24. The van der Waals surface area contributed by atoms with Gasteiger partial charge in [-0.05, 0) is 23.6 Å². The van der Waals surface area contributed by atoms with E-state index in [1.54, 1.807) is 18.2 Å². The van der Waals surface area contributed by atoms with Crippen molar-refractivity contribution in [1.82, 2.24) is 5.16 Å². The molecule has 0 aliphatic heterocycles. The van der Waals surface area contributed by atoms with Crippen molar-refractivity contribution in [2.45, 2.75) is 25.9 Å². The van der Waals surface area contributed by atoms with Crippen molar-refractivity contribution in [1.29, 1.82) is 0 Å². The first-order valence-corrected chi connectivity index (χ1v) is 6.23. The Hall–Kier alpha value is -2.34. The largest absolute Gasteiger partial charge is 0.465 e. The molecule has 0 fully saturated rings. The standard InChI is InChI=1S/C14H16N2O4/c1-9(5-13-11(7-17)8-20-16-13)10-3-2-4-12(6-10)15-14(18)19/h2-4,6,8-9,15,17H,5,7H2,1H3,(H,18,19). The number of rotatable bonds is 5. The van der Waals surface area contributed by atoms with E-state index in [0.29, 0.717) is 17.7 Å². The first kappa shape index (κ1) is 14.1. The Bertz CT molecular complexity index is 594. The lowest BCUT2D eigenvalue weighted by Crippen LogP contribution is -2.08. The summed E-state index contributed by atoms with van der Waals surface area (Å²) in [6, 6.07) is 7.21. The van der Waals surface area contributed by atoms with Crippen LogP contribution in [0.5, 0.6) is 0 Å². The summed E-state index contributed by atoms with van der Waals surface area (Å²) >= 11 is 0. The molecule has 6 nitrogen and oxygen atoms in total. The molecular formula is C14H16N2O4. The van der Waals surface area contributed by atoms with E-state index in [0.717, 1.165) is 11.3 Å². The summed E-state index contributed by atoms with van der Waals surface area (Å²) in [7, 11) is 0. The van der Waals surface area contributed by atoms with Gasteiger partial charge < -0.3 is 14.7 Å². The van der Waals surface area contributed by atoms with Crippen molar-refractivity contribution in [3.05, 3.63) is 47.3 Å². The molecule has 3 N–H and O–H groups in total. The van der Waals surface area contributed by atoms with E-state index in [1.165, 1.54) is 6.26 Å². The molecule has 6 heteroatoms. The second-order valence-electron chi connectivity index (χ2n) is 4.61. The third-order valence-electron chi connectivity index (χ3n) is 3.11. The molecule has 1 aromatic carbocycles. The molecule has 0 saturated heterocycles. The van der Waals surface area contributed by atoms with Crippen LogP contribution in [0.25, 0.3) is 0 Å². The number of carboxylic acid groups (broad SMARTS) is 1. The van der Waals surface area contributed by atoms with Gasteiger partial charge in [0.25, 0.3) is 0 Å². The highest BCUT2D eigenvalue weighted by molar-refractivity contribution is 5.82. The molecule has 2 aromatic rings. The zero-order valence-electron chi connectivity index (χ0n) is 11.0. The van der Waals surface area contributed by atoms with E-state index in [4.69, 9.17) is 14.7 Å². The molecule has 1 amide bonds. The van der Waals surface area contributed by atoms with Crippen LogP contribution in [0, 0.1) is 0 Å². The Morgan fingerprint density at radius 3 is 3.00 bits per heavy atom. The molecule has 0 aliphatic rings. The predicted octanol–water partition coefficient (Wildman–Crippen LogP) is 2.60. The minimum absolute atomic E-state index is 0.105. The Balaban J connectivity index is 2.12. The van der Waals surface area contributed by atoms with Gasteiger partial charge in [0.2, 0.25) is 0 Å². The average molecular weight is 276 g/mol. The monoisotopic (exact) mass is 276 g/mol. The summed E-state index contributed by atoms with van der Waals surface area (Å²) in [6.45, 7) is 1.90. The van der Waals surface area contributed by atoms with Crippen molar-refractivity contribution < 1.29 is 19.5 Å². The fraction of sp³-hybridized carbons (Fsp3) is 0.286. The van der Waals surface area contributed by atoms with Crippen LogP contribution in [-0.2, 0) is 13.0 Å². The molecule has 0 saturated carbocycles. The van der Waals surface area contributed by atoms with Gasteiger partial charge in [-0.2, -0.15) is 0 Å². The maximum atomic E-state index is 10.6. The predicted molar refractivity (Wildman–Crippen MR) is 72.6 cm³/mol. The fourth-order valence-electron chi connectivity index (χ4n) is 2.03. The molecule has 0 bridgehead atoms. The van der Waals surface area contributed by atoms with Crippen LogP contribution in [0.2, 0.25) is 0 Å². The zero-order valence-corrected chi connectivity index (χ0v) is 11.0. The van der Waals surface area contributed by atoms with Crippen LogP contribution in [0.1, 0.15) is 29.7 Å². The third kappa shape index (κ3) is 3.36. The van der Waals surface area contributed by atoms with Gasteiger partial charge in [0.1, 0.15) is 6.26 Å². The molecular weight excluding hydrogens is 260 g/mol. The van der Waals surface area contributed by atoms with Gasteiger partial charge in [-0.15, -0.1) is 0 Å². The fourth-order valence-corrected chi connectivity index (χ4v) is 2.03. The van der Waals surface area contributed by atoms with Gasteiger partial charge in [-0.25, -0.2) is 4.79 Å². The number of nitrogens with one attached hydrogen (secondary N) is 1. The van der Waals surface area contributed by atoms with Gasteiger partial charge in [0.15, 0.2) is 0 Å². The lowest BCUT2D eigenvalue weighted by Gasteiger charge is -2.12. The summed E-state index contributed by atoms with van der Waals surface area (Å²) in [5.41, 5.74) is 2.92. The highest BCUT2D eigenvalue weighted by atomic mass is 16.5. The molecule has 106 valence electrons. The Labute approximate surface area is 116 Å². The lowest BCUT2D eigenvalue weighted by atomic mass is 9.94. The third-order valence-corrected chi connectivity index (χ3v) is 3.11.